The lowest BCUT2D eigenvalue weighted by Gasteiger charge is -2.25. The highest BCUT2D eigenvalue weighted by Crippen LogP contribution is 2.26. The summed E-state index contributed by atoms with van der Waals surface area (Å²) in [6.45, 7) is 8.61. The first-order chi connectivity index (χ1) is 12.6. The summed E-state index contributed by atoms with van der Waals surface area (Å²) in [5, 5.41) is 9.16. The van der Waals surface area contributed by atoms with Crippen LogP contribution in [0, 0.1) is 5.92 Å². The number of anilines is 1. The molecule has 27 heavy (non-hydrogen) atoms. The molecule has 0 radical (unpaired) electrons. The minimum atomic E-state index is 0. The van der Waals surface area contributed by atoms with Crippen molar-refractivity contribution in [1.82, 2.24) is 10.6 Å². The second-order valence-electron chi connectivity index (χ2n) is 7.60. The molecule has 1 atom stereocenters. The summed E-state index contributed by atoms with van der Waals surface area (Å²) in [7, 11) is 1.85. The van der Waals surface area contributed by atoms with Crippen LogP contribution in [0.4, 0.5) is 5.69 Å². The van der Waals surface area contributed by atoms with E-state index in [1.807, 2.05) is 18.4 Å². The van der Waals surface area contributed by atoms with Crippen molar-refractivity contribution in [2.24, 2.45) is 10.9 Å². The van der Waals surface area contributed by atoms with E-state index in [-0.39, 0.29) is 29.4 Å². The van der Waals surface area contributed by atoms with E-state index in [4.69, 9.17) is 0 Å². The number of guanidine groups is 1. The topological polar surface area (TPSA) is 39.7 Å². The molecule has 148 valence electrons. The SMILES string of the molecule is CN=C(NCC1CCN(c2ccccc2)C1)NCC(C)(C)c1cccs1.I. The first kappa shape index (κ1) is 22.0. The fourth-order valence-electron chi connectivity index (χ4n) is 3.39. The Morgan fingerprint density at radius 2 is 1.96 bits per heavy atom. The van der Waals surface area contributed by atoms with Gasteiger partial charge in [0.05, 0.1) is 0 Å². The Hall–Kier alpha value is -1.28. The van der Waals surface area contributed by atoms with Crippen molar-refractivity contribution in [3.8, 4) is 0 Å². The molecule has 2 aromatic rings. The maximum absolute atomic E-state index is 4.39. The highest BCUT2D eigenvalue weighted by molar-refractivity contribution is 14.0. The van der Waals surface area contributed by atoms with Crippen LogP contribution in [0.5, 0.6) is 0 Å². The van der Waals surface area contributed by atoms with Crippen LogP contribution in [-0.2, 0) is 5.41 Å². The van der Waals surface area contributed by atoms with Gasteiger partial charge in [0, 0.05) is 49.2 Å². The number of nitrogens with one attached hydrogen (secondary N) is 2. The Labute approximate surface area is 184 Å². The van der Waals surface area contributed by atoms with Gasteiger partial charge in [-0.25, -0.2) is 0 Å². The van der Waals surface area contributed by atoms with Gasteiger partial charge >= 0.3 is 0 Å². The molecule has 0 aliphatic carbocycles. The zero-order valence-electron chi connectivity index (χ0n) is 16.4. The van der Waals surface area contributed by atoms with Gasteiger partial charge in [0.25, 0.3) is 0 Å². The third kappa shape index (κ3) is 6.10. The van der Waals surface area contributed by atoms with E-state index in [2.05, 4.69) is 82.2 Å². The number of benzene rings is 1. The normalized spacial score (nSPS) is 17.5. The van der Waals surface area contributed by atoms with Crippen molar-refractivity contribution in [3.63, 3.8) is 0 Å². The molecular weight excluding hydrogens is 467 g/mol. The van der Waals surface area contributed by atoms with Gasteiger partial charge in [0.1, 0.15) is 0 Å². The Morgan fingerprint density at radius 1 is 1.19 bits per heavy atom. The molecule has 1 unspecified atom stereocenters. The smallest absolute Gasteiger partial charge is 0.191 e. The van der Waals surface area contributed by atoms with Gasteiger partial charge in [-0.2, -0.15) is 0 Å². The van der Waals surface area contributed by atoms with Crippen molar-refractivity contribution in [1.29, 1.82) is 0 Å². The van der Waals surface area contributed by atoms with E-state index >= 15 is 0 Å². The molecule has 1 aromatic heterocycles. The van der Waals surface area contributed by atoms with Gasteiger partial charge in [-0.3, -0.25) is 4.99 Å². The number of nitrogens with zero attached hydrogens (tertiary/aromatic N) is 2. The van der Waals surface area contributed by atoms with Crippen molar-refractivity contribution in [3.05, 3.63) is 52.7 Å². The van der Waals surface area contributed by atoms with E-state index in [1.165, 1.54) is 17.0 Å². The summed E-state index contributed by atoms with van der Waals surface area (Å²) in [5.74, 6) is 1.55. The number of aliphatic imine (C=N–C) groups is 1. The van der Waals surface area contributed by atoms with E-state index in [1.54, 1.807) is 0 Å². The Bertz CT molecular complexity index is 700. The molecule has 0 spiro atoms. The molecule has 1 aromatic carbocycles. The van der Waals surface area contributed by atoms with E-state index in [0.29, 0.717) is 5.92 Å². The largest absolute Gasteiger partial charge is 0.371 e. The Morgan fingerprint density at radius 3 is 2.63 bits per heavy atom. The predicted octanol–water partition coefficient (Wildman–Crippen LogP) is 4.34. The number of rotatable bonds is 6. The van der Waals surface area contributed by atoms with Crippen molar-refractivity contribution in [2.45, 2.75) is 25.7 Å². The lowest BCUT2D eigenvalue weighted by molar-refractivity contribution is 0.511. The summed E-state index contributed by atoms with van der Waals surface area (Å²) in [6.07, 6.45) is 1.22. The first-order valence-electron chi connectivity index (χ1n) is 9.37. The number of hydrogen-bond acceptors (Lipinski definition) is 3. The van der Waals surface area contributed by atoms with Crippen LogP contribution in [0.1, 0.15) is 25.1 Å². The van der Waals surface area contributed by atoms with Crippen LogP contribution in [0.3, 0.4) is 0 Å². The molecule has 1 fully saturated rings. The van der Waals surface area contributed by atoms with Crippen LogP contribution >= 0.6 is 35.3 Å². The first-order valence-corrected chi connectivity index (χ1v) is 10.2. The lowest BCUT2D eigenvalue weighted by atomic mass is 9.91. The lowest BCUT2D eigenvalue weighted by Crippen LogP contribution is -2.44. The molecule has 6 heteroatoms. The molecule has 0 bridgehead atoms. The molecule has 0 saturated carbocycles. The van der Waals surface area contributed by atoms with Crippen LogP contribution in [0.2, 0.25) is 0 Å². The average molecular weight is 498 g/mol. The van der Waals surface area contributed by atoms with Gasteiger partial charge in [0.2, 0.25) is 0 Å². The van der Waals surface area contributed by atoms with E-state index < -0.39 is 0 Å². The van der Waals surface area contributed by atoms with Crippen LogP contribution in [-0.4, -0.2) is 39.2 Å². The molecule has 4 nitrogen and oxygen atoms in total. The number of halogens is 1. The quantitative estimate of drug-likeness (QED) is 0.354. The zero-order valence-corrected chi connectivity index (χ0v) is 19.6. The monoisotopic (exact) mass is 498 g/mol. The van der Waals surface area contributed by atoms with Crippen molar-refractivity contribution >= 4 is 47.0 Å². The standard InChI is InChI=1S/C21H30N4S.HI/c1-21(2,19-10-7-13-26-19)16-24-20(22-3)23-14-17-11-12-25(15-17)18-8-5-4-6-9-18;/h4-10,13,17H,11-12,14-16H2,1-3H3,(H2,22,23,24);1H. The minimum Gasteiger partial charge on any atom is -0.371 e. The summed E-state index contributed by atoms with van der Waals surface area (Å²) in [4.78, 5) is 8.27. The zero-order chi connectivity index (χ0) is 18.4. The van der Waals surface area contributed by atoms with Crippen LogP contribution < -0.4 is 15.5 Å². The van der Waals surface area contributed by atoms with Gasteiger partial charge in [0.15, 0.2) is 5.96 Å². The maximum atomic E-state index is 4.39. The van der Waals surface area contributed by atoms with E-state index in [0.717, 1.165) is 32.1 Å². The maximum Gasteiger partial charge on any atom is 0.191 e. The van der Waals surface area contributed by atoms with Gasteiger partial charge in [-0.05, 0) is 35.9 Å². The summed E-state index contributed by atoms with van der Waals surface area (Å²) >= 11 is 1.82. The number of hydrogen-bond donors (Lipinski definition) is 2. The molecule has 1 aliphatic rings. The predicted molar refractivity (Wildman–Crippen MR) is 129 cm³/mol. The fraction of sp³-hybridized carbons (Fsp3) is 0.476. The van der Waals surface area contributed by atoms with Crippen molar-refractivity contribution < 1.29 is 0 Å². The van der Waals surface area contributed by atoms with Gasteiger partial charge in [-0.1, -0.05) is 38.1 Å². The third-order valence-electron chi connectivity index (χ3n) is 5.07. The van der Waals surface area contributed by atoms with Gasteiger partial charge < -0.3 is 15.5 Å². The molecule has 1 aliphatic heterocycles. The minimum absolute atomic E-state index is 0. The Kier molecular flexibility index (Phi) is 8.41. The molecular formula is C21H31IN4S. The molecule has 3 rings (SSSR count). The summed E-state index contributed by atoms with van der Waals surface area (Å²) in [5.41, 5.74) is 1.43. The summed E-state index contributed by atoms with van der Waals surface area (Å²) < 4.78 is 0. The third-order valence-corrected chi connectivity index (χ3v) is 6.31. The van der Waals surface area contributed by atoms with Crippen LogP contribution in [0.25, 0.3) is 0 Å². The number of para-hydroxylation sites is 1. The van der Waals surface area contributed by atoms with Crippen LogP contribution in [0.15, 0.2) is 52.8 Å². The molecule has 2 heterocycles. The Balaban J connectivity index is 0.00000261. The average Bonchev–Trinajstić information content (AvgIpc) is 3.35. The molecule has 1 saturated heterocycles. The second-order valence-corrected chi connectivity index (χ2v) is 8.55. The van der Waals surface area contributed by atoms with Gasteiger partial charge in [-0.15, -0.1) is 35.3 Å². The molecule has 2 N–H and O–H groups in total. The number of thiophene rings is 1. The summed E-state index contributed by atoms with van der Waals surface area (Å²) in [6, 6.07) is 15.0. The van der Waals surface area contributed by atoms with E-state index in [9.17, 15) is 0 Å². The second kappa shape index (κ2) is 10.3. The van der Waals surface area contributed by atoms with Crippen molar-refractivity contribution in [2.75, 3.05) is 38.1 Å². The highest BCUT2D eigenvalue weighted by Gasteiger charge is 2.24. The molecule has 0 amide bonds. The highest BCUT2D eigenvalue weighted by atomic mass is 127. The fourth-order valence-corrected chi connectivity index (χ4v) is 4.24.